The number of rotatable bonds is 8. The van der Waals surface area contributed by atoms with Crippen molar-refractivity contribution in [1.82, 2.24) is 10.2 Å². The van der Waals surface area contributed by atoms with E-state index in [1.807, 2.05) is 0 Å². The molecule has 1 rings (SSSR count). The molecule has 0 heterocycles. The second kappa shape index (κ2) is 7.55. The van der Waals surface area contributed by atoms with Gasteiger partial charge in [0, 0.05) is 13.1 Å². The van der Waals surface area contributed by atoms with Gasteiger partial charge in [-0.15, -0.1) is 0 Å². The van der Waals surface area contributed by atoms with Gasteiger partial charge in [0.1, 0.15) is 0 Å². The Labute approximate surface area is 112 Å². The first-order valence-corrected chi connectivity index (χ1v) is 6.89. The van der Waals surface area contributed by atoms with Crippen LogP contribution in [0.5, 0.6) is 0 Å². The summed E-state index contributed by atoms with van der Waals surface area (Å²) in [4.78, 5) is 2.26. The van der Waals surface area contributed by atoms with Crippen molar-refractivity contribution in [3.05, 3.63) is 35.9 Å². The molecule has 0 fully saturated rings. The van der Waals surface area contributed by atoms with E-state index in [9.17, 15) is 0 Å². The van der Waals surface area contributed by atoms with E-state index in [1.165, 1.54) is 18.4 Å². The van der Waals surface area contributed by atoms with Gasteiger partial charge >= 0.3 is 0 Å². The maximum atomic E-state index is 3.57. The highest BCUT2D eigenvalue weighted by atomic mass is 15.1. The fraction of sp³-hybridized carbons (Fsp3) is 0.625. The summed E-state index contributed by atoms with van der Waals surface area (Å²) in [5, 5.41) is 3.57. The molecule has 2 nitrogen and oxygen atoms in total. The normalized spacial score (nSPS) is 12.1. The lowest BCUT2D eigenvalue weighted by Crippen LogP contribution is -2.38. The van der Waals surface area contributed by atoms with Crippen LogP contribution in [0.15, 0.2) is 30.3 Å². The van der Waals surface area contributed by atoms with Crippen molar-refractivity contribution in [2.45, 2.75) is 26.7 Å². The van der Waals surface area contributed by atoms with Crippen LogP contribution in [0.3, 0.4) is 0 Å². The first-order chi connectivity index (χ1) is 8.49. The smallest absolute Gasteiger partial charge is 0.00387 e. The molecule has 1 aromatic rings. The number of nitrogens with zero attached hydrogens (tertiary/aromatic N) is 1. The first kappa shape index (κ1) is 15.2. The minimum absolute atomic E-state index is 0.343. The average Bonchev–Trinajstić information content (AvgIpc) is 2.28. The van der Waals surface area contributed by atoms with Gasteiger partial charge in [-0.1, -0.05) is 44.2 Å². The molecule has 0 bridgehead atoms. The SMILES string of the molecule is CN(C)CC(C)(C)CNCCCc1ccccc1. The minimum atomic E-state index is 0.343. The molecule has 0 saturated carbocycles. The first-order valence-electron chi connectivity index (χ1n) is 6.89. The molecule has 0 aliphatic heterocycles. The highest BCUT2D eigenvalue weighted by Gasteiger charge is 2.17. The fourth-order valence-corrected chi connectivity index (χ4v) is 2.40. The summed E-state index contributed by atoms with van der Waals surface area (Å²) in [6.07, 6.45) is 2.38. The van der Waals surface area contributed by atoms with Crippen molar-refractivity contribution in [2.24, 2.45) is 5.41 Å². The van der Waals surface area contributed by atoms with Crippen LogP contribution in [0, 0.1) is 5.41 Å². The standard InChI is InChI=1S/C16H28N2/c1-16(2,14-18(3)4)13-17-12-8-11-15-9-6-5-7-10-15/h5-7,9-10,17H,8,11-14H2,1-4H3. The number of hydrogen-bond donors (Lipinski definition) is 1. The Hall–Kier alpha value is -0.860. The molecule has 0 radical (unpaired) electrons. The van der Waals surface area contributed by atoms with Crippen molar-refractivity contribution >= 4 is 0 Å². The molecule has 0 spiro atoms. The van der Waals surface area contributed by atoms with Crippen molar-refractivity contribution in [1.29, 1.82) is 0 Å². The van der Waals surface area contributed by atoms with Gasteiger partial charge in [0.2, 0.25) is 0 Å². The maximum Gasteiger partial charge on any atom is 0.00387 e. The molecule has 0 atom stereocenters. The second-order valence-electron chi connectivity index (χ2n) is 6.17. The molecular formula is C16H28N2. The van der Waals surface area contributed by atoms with Gasteiger partial charge in [0.05, 0.1) is 0 Å². The Kier molecular flexibility index (Phi) is 6.37. The van der Waals surface area contributed by atoms with Crippen LogP contribution < -0.4 is 5.32 Å². The van der Waals surface area contributed by atoms with Gasteiger partial charge in [-0.3, -0.25) is 0 Å². The Morgan fingerprint density at radius 3 is 2.39 bits per heavy atom. The fourth-order valence-electron chi connectivity index (χ4n) is 2.40. The molecule has 2 heteroatoms. The largest absolute Gasteiger partial charge is 0.316 e. The lowest BCUT2D eigenvalue weighted by Gasteiger charge is -2.28. The van der Waals surface area contributed by atoms with Crippen molar-refractivity contribution in [2.75, 3.05) is 33.7 Å². The Morgan fingerprint density at radius 1 is 1.11 bits per heavy atom. The number of benzene rings is 1. The number of aryl methyl sites for hydroxylation is 1. The summed E-state index contributed by atoms with van der Waals surface area (Å²) in [6, 6.07) is 10.7. The topological polar surface area (TPSA) is 15.3 Å². The van der Waals surface area contributed by atoms with Crippen molar-refractivity contribution in [3.63, 3.8) is 0 Å². The van der Waals surface area contributed by atoms with E-state index in [0.29, 0.717) is 5.41 Å². The predicted molar refractivity (Wildman–Crippen MR) is 80.0 cm³/mol. The van der Waals surface area contributed by atoms with E-state index >= 15 is 0 Å². The Bertz CT molecular complexity index is 317. The summed E-state index contributed by atoms with van der Waals surface area (Å²) >= 11 is 0. The number of hydrogen-bond acceptors (Lipinski definition) is 2. The van der Waals surface area contributed by atoms with Crippen LogP contribution in [0.2, 0.25) is 0 Å². The van der Waals surface area contributed by atoms with Crippen LogP contribution in [0.25, 0.3) is 0 Å². The average molecular weight is 248 g/mol. The highest BCUT2D eigenvalue weighted by molar-refractivity contribution is 5.14. The lowest BCUT2D eigenvalue weighted by atomic mass is 9.93. The van der Waals surface area contributed by atoms with E-state index in [2.05, 4.69) is 68.5 Å². The van der Waals surface area contributed by atoms with Crippen LogP contribution in [0.1, 0.15) is 25.8 Å². The van der Waals surface area contributed by atoms with Crippen molar-refractivity contribution < 1.29 is 0 Å². The Balaban J connectivity index is 2.12. The van der Waals surface area contributed by atoms with E-state index in [4.69, 9.17) is 0 Å². The van der Waals surface area contributed by atoms with Gasteiger partial charge < -0.3 is 10.2 Å². The van der Waals surface area contributed by atoms with E-state index in [0.717, 1.165) is 19.6 Å². The molecule has 18 heavy (non-hydrogen) atoms. The minimum Gasteiger partial charge on any atom is -0.316 e. The monoisotopic (exact) mass is 248 g/mol. The zero-order valence-corrected chi connectivity index (χ0v) is 12.4. The molecule has 0 amide bonds. The van der Waals surface area contributed by atoms with Crippen LogP contribution in [0.4, 0.5) is 0 Å². The molecule has 0 aromatic heterocycles. The number of nitrogens with one attached hydrogen (secondary N) is 1. The zero-order chi connectivity index (χ0) is 13.4. The Morgan fingerprint density at radius 2 is 1.78 bits per heavy atom. The maximum absolute atomic E-state index is 3.57. The molecule has 1 aromatic carbocycles. The van der Waals surface area contributed by atoms with Gasteiger partial charge in [-0.25, -0.2) is 0 Å². The summed E-state index contributed by atoms with van der Waals surface area (Å²) in [7, 11) is 4.27. The molecule has 102 valence electrons. The summed E-state index contributed by atoms with van der Waals surface area (Å²) in [6.45, 7) is 7.94. The molecular weight excluding hydrogens is 220 g/mol. The van der Waals surface area contributed by atoms with Gasteiger partial charge in [-0.05, 0) is 44.5 Å². The zero-order valence-electron chi connectivity index (χ0n) is 12.4. The molecule has 0 aliphatic rings. The second-order valence-corrected chi connectivity index (χ2v) is 6.17. The molecule has 0 unspecified atom stereocenters. The quantitative estimate of drug-likeness (QED) is 0.712. The van der Waals surface area contributed by atoms with Crippen LogP contribution in [-0.4, -0.2) is 38.6 Å². The third kappa shape index (κ3) is 6.77. The third-order valence-corrected chi connectivity index (χ3v) is 3.01. The van der Waals surface area contributed by atoms with E-state index < -0.39 is 0 Å². The van der Waals surface area contributed by atoms with Crippen LogP contribution in [-0.2, 0) is 6.42 Å². The van der Waals surface area contributed by atoms with Gasteiger partial charge in [-0.2, -0.15) is 0 Å². The van der Waals surface area contributed by atoms with E-state index in [1.54, 1.807) is 0 Å². The molecule has 0 saturated heterocycles. The van der Waals surface area contributed by atoms with Crippen molar-refractivity contribution in [3.8, 4) is 0 Å². The third-order valence-electron chi connectivity index (χ3n) is 3.01. The highest BCUT2D eigenvalue weighted by Crippen LogP contribution is 2.14. The molecule has 0 aliphatic carbocycles. The van der Waals surface area contributed by atoms with Gasteiger partial charge in [0.15, 0.2) is 0 Å². The summed E-state index contributed by atoms with van der Waals surface area (Å²) in [5.41, 5.74) is 1.78. The predicted octanol–water partition coefficient (Wildman–Crippen LogP) is 2.80. The summed E-state index contributed by atoms with van der Waals surface area (Å²) in [5.74, 6) is 0. The van der Waals surface area contributed by atoms with Gasteiger partial charge in [0.25, 0.3) is 0 Å². The van der Waals surface area contributed by atoms with E-state index in [-0.39, 0.29) is 0 Å². The lowest BCUT2D eigenvalue weighted by molar-refractivity contribution is 0.233. The molecule has 1 N–H and O–H groups in total. The summed E-state index contributed by atoms with van der Waals surface area (Å²) < 4.78 is 0. The van der Waals surface area contributed by atoms with Crippen LogP contribution >= 0.6 is 0 Å².